The van der Waals surface area contributed by atoms with Gasteiger partial charge in [0, 0.05) is 0 Å². The first-order valence-electron chi connectivity index (χ1n) is 11.6. The number of hydrogen-bond donors (Lipinski definition) is 0. The predicted octanol–water partition coefficient (Wildman–Crippen LogP) is 7.28. The molecule has 2 aromatic carbocycles. The van der Waals surface area contributed by atoms with Gasteiger partial charge in [0.25, 0.3) is 0 Å². The lowest BCUT2D eigenvalue weighted by molar-refractivity contribution is 0.0585. The molecule has 2 aromatic rings. The van der Waals surface area contributed by atoms with Gasteiger partial charge in [-0.15, -0.1) is 0 Å². The number of rotatable bonds is 6. The molecule has 0 saturated carbocycles. The molecule has 0 fully saturated rings. The smallest absolute Gasteiger partial charge is 0.447 e. The van der Waals surface area contributed by atoms with Gasteiger partial charge in [-0.3, -0.25) is 0 Å². The number of benzene rings is 2. The van der Waals surface area contributed by atoms with E-state index in [4.69, 9.17) is 18.9 Å². The Hall–Kier alpha value is -4.48. The van der Waals surface area contributed by atoms with Crippen LogP contribution in [0.15, 0.2) is 81.1 Å². The maximum absolute atomic E-state index is 11.2. The van der Waals surface area contributed by atoms with Crippen molar-refractivity contribution >= 4 is 24.4 Å². The van der Waals surface area contributed by atoms with E-state index in [-0.39, 0.29) is 25.7 Å². The molecule has 0 radical (unpaired) electrons. The Morgan fingerprint density at radius 1 is 0.632 bits per heavy atom. The molecule has 0 aliphatic rings. The van der Waals surface area contributed by atoms with Gasteiger partial charge in [-0.2, -0.15) is 0 Å². The Bertz CT molecular complexity index is 1080. The monoisotopic (exact) mass is 528 g/mol. The van der Waals surface area contributed by atoms with E-state index in [9.17, 15) is 19.2 Å². The summed E-state index contributed by atoms with van der Waals surface area (Å²) in [6.07, 6.45) is -3.69. The normalized spacial score (nSPS) is 11.0. The Kier molecular flexibility index (Phi) is 14.2. The van der Waals surface area contributed by atoms with Crippen molar-refractivity contribution in [3.05, 3.63) is 71.8 Å². The fourth-order valence-corrected chi connectivity index (χ4v) is 2.21. The maximum Gasteiger partial charge on any atom is 0.453 e. The van der Waals surface area contributed by atoms with Gasteiger partial charge in [-0.05, 0) is 37.8 Å². The first-order chi connectivity index (χ1) is 17.9. The van der Waals surface area contributed by atoms with E-state index in [0.717, 1.165) is 11.1 Å². The van der Waals surface area contributed by atoms with E-state index >= 15 is 0 Å². The summed E-state index contributed by atoms with van der Waals surface area (Å²) >= 11 is 0. The average molecular weight is 529 g/mol. The van der Waals surface area contributed by atoms with Crippen LogP contribution in [-0.2, 0) is 32.2 Å². The Morgan fingerprint density at radius 2 is 1.00 bits per heavy atom. The Labute approximate surface area is 221 Å². The van der Waals surface area contributed by atoms with Crippen LogP contribution < -0.4 is 0 Å². The van der Waals surface area contributed by atoms with Gasteiger partial charge >= 0.3 is 24.4 Å². The summed E-state index contributed by atoms with van der Waals surface area (Å²) in [7, 11) is 0. The van der Waals surface area contributed by atoms with E-state index in [2.05, 4.69) is 20.5 Å². The number of carbonyl (C=O) groups is 4. The predicted molar refractivity (Wildman–Crippen MR) is 135 cm³/mol. The highest BCUT2D eigenvalue weighted by Crippen LogP contribution is 2.08. The summed E-state index contributed by atoms with van der Waals surface area (Å²) in [5.74, 6) is 0.198. The first-order valence-corrected chi connectivity index (χ1v) is 11.6. The molecule has 0 unspecified atom stereocenters. The highest BCUT2D eigenvalue weighted by Gasteiger charge is 2.16. The number of hydrogen-bond acceptors (Lipinski definition) is 8. The molecule has 4 amide bonds. The van der Waals surface area contributed by atoms with Crippen LogP contribution in [0.5, 0.6) is 0 Å². The van der Waals surface area contributed by atoms with Crippen LogP contribution in [0.25, 0.3) is 0 Å². The Balaban J connectivity index is 0.000000380. The van der Waals surface area contributed by atoms with Gasteiger partial charge < -0.3 is 18.9 Å². The molecule has 0 atom stereocenters. The van der Waals surface area contributed by atoms with Crippen LogP contribution in [0, 0.1) is 5.92 Å². The van der Waals surface area contributed by atoms with Crippen molar-refractivity contribution in [1.82, 2.24) is 0 Å². The molecule has 0 heterocycles. The third kappa shape index (κ3) is 17.0. The zero-order valence-corrected chi connectivity index (χ0v) is 22.0. The average Bonchev–Trinajstić information content (AvgIpc) is 2.87. The van der Waals surface area contributed by atoms with Crippen molar-refractivity contribution in [3.63, 3.8) is 0 Å². The molecule has 0 bridgehead atoms. The van der Waals surface area contributed by atoms with Gasteiger partial charge in [0.2, 0.25) is 0 Å². The van der Waals surface area contributed by atoms with Crippen molar-refractivity contribution < 1.29 is 38.1 Å². The molecular weight excluding hydrogens is 496 g/mol. The number of azo groups is 2. The topological polar surface area (TPSA) is 155 Å². The van der Waals surface area contributed by atoms with E-state index in [1.54, 1.807) is 45.0 Å². The van der Waals surface area contributed by atoms with Gasteiger partial charge in [0.1, 0.15) is 18.8 Å². The zero-order chi connectivity index (χ0) is 28.4. The SMILES string of the molecule is CC(C)(C)OC(=O)N=NC(=O)OCc1ccccc1.CC(C)COC(=O)N=NC(=O)OCc1ccccc1. The highest BCUT2D eigenvalue weighted by atomic mass is 16.6. The van der Waals surface area contributed by atoms with Gasteiger partial charge in [-0.1, -0.05) is 95.0 Å². The lowest BCUT2D eigenvalue weighted by Crippen LogP contribution is -2.21. The van der Waals surface area contributed by atoms with E-state index in [1.807, 2.05) is 50.2 Å². The van der Waals surface area contributed by atoms with Gasteiger partial charge in [0.05, 0.1) is 6.61 Å². The molecule has 0 aliphatic heterocycles. The van der Waals surface area contributed by atoms with Crippen molar-refractivity contribution in [2.24, 2.45) is 26.4 Å². The van der Waals surface area contributed by atoms with Crippen molar-refractivity contribution in [2.75, 3.05) is 6.61 Å². The Morgan fingerprint density at radius 3 is 1.37 bits per heavy atom. The minimum Gasteiger partial charge on any atom is -0.447 e. The standard InChI is InChI=1S/2C13H16N2O4/c1-13(2,3)19-12(17)15-14-11(16)18-9-10-7-5-4-6-8-10;1-10(2)8-18-12(16)14-15-13(17)19-9-11-6-4-3-5-7-11/h4-8H,9H2,1-3H3;3-7,10H,8-9H2,1-2H3. The molecule has 38 heavy (non-hydrogen) atoms. The molecule has 204 valence electrons. The second-order valence-electron chi connectivity index (χ2n) is 8.93. The van der Waals surface area contributed by atoms with Crippen LogP contribution in [0.1, 0.15) is 45.7 Å². The van der Waals surface area contributed by atoms with Crippen LogP contribution in [-0.4, -0.2) is 36.6 Å². The molecule has 0 saturated heterocycles. The third-order valence-corrected chi connectivity index (χ3v) is 3.77. The second-order valence-corrected chi connectivity index (χ2v) is 8.93. The lowest BCUT2D eigenvalue weighted by atomic mass is 10.2. The molecule has 2 rings (SSSR count). The third-order valence-electron chi connectivity index (χ3n) is 3.77. The summed E-state index contributed by atoms with van der Waals surface area (Å²) in [6.45, 7) is 9.23. The van der Waals surface area contributed by atoms with Gasteiger partial charge in [0.15, 0.2) is 0 Å². The lowest BCUT2D eigenvalue weighted by Gasteiger charge is -2.16. The minimum atomic E-state index is -0.935. The van der Waals surface area contributed by atoms with E-state index in [1.165, 1.54) is 0 Å². The fraction of sp³-hybridized carbons (Fsp3) is 0.385. The molecule has 0 N–H and O–H groups in total. The van der Waals surface area contributed by atoms with Crippen LogP contribution in [0.3, 0.4) is 0 Å². The highest BCUT2D eigenvalue weighted by molar-refractivity contribution is 5.73. The summed E-state index contributed by atoms with van der Waals surface area (Å²) in [5, 5.41) is 12.4. The molecular formula is C26H32N4O8. The summed E-state index contributed by atoms with van der Waals surface area (Å²) in [4.78, 5) is 44.5. The molecule has 0 spiro atoms. The van der Waals surface area contributed by atoms with Crippen LogP contribution in [0.4, 0.5) is 19.2 Å². The number of carbonyl (C=O) groups excluding carboxylic acids is 4. The number of nitrogens with zero attached hydrogens (tertiary/aromatic N) is 4. The van der Waals surface area contributed by atoms with Crippen LogP contribution in [0.2, 0.25) is 0 Å². The number of ether oxygens (including phenoxy) is 4. The van der Waals surface area contributed by atoms with E-state index < -0.39 is 30.0 Å². The summed E-state index contributed by atoms with van der Waals surface area (Å²) in [5.41, 5.74) is 0.973. The largest absolute Gasteiger partial charge is 0.453 e. The minimum absolute atomic E-state index is 0.0764. The molecule has 12 nitrogen and oxygen atoms in total. The van der Waals surface area contributed by atoms with Crippen molar-refractivity contribution in [2.45, 2.75) is 53.4 Å². The first kappa shape index (κ1) is 31.5. The zero-order valence-electron chi connectivity index (χ0n) is 22.0. The molecule has 0 aliphatic carbocycles. The van der Waals surface area contributed by atoms with E-state index in [0.29, 0.717) is 0 Å². The summed E-state index contributed by atoms with van der Waals surface area (Å²) < 4.78 is 19.2. The van der Waals surface area contributed by atoms with Crippen molar-refractivity contribution in [3.8, 4) is 0 Å². The molecule has 0 aromatic heterocycles. The second kappa shape index (κ2) is 17.1. The fourth-order valence-electron chi connectivity index (χ4n) is 2.21. The quantitative estimate of drug-likeness (QED) is 0.280. The van der Waals surface area contributed by atoms with Crippen molar-refractivity contribution in [1.29, 1.82) is 0 Å². The van der Waals surface area contributed by atoms with Crippen LogP contribution >= 0.6 is 0 Å². The molecule has 12 heteroatoms. The van der Waals surface area contributed by atoms with Gasteiger partial charge in [-0.25, -0.2) is 19.2 Å². The number of amides is 4. The maximum atomic E-state index is 11.2. The summed E-state index contributed by atoms with van der Waals surface area (Å²) in [6, 6.07) is 18.2.